The molecule has 0 unspecified atom stereocenters. The Hall–Kier alpha value is -0.123. The largest absolute Gasteiger partial charge is 0.417 e. The lowest BCUT2D eigenvalue weighted by Crippen LogP contribution is -2.41. The fourth-order valence-electron chi connectivity index (χ4n) is 1.17. The van der Waals surface area contributed by atoms with Crippen LogP contribution in [0.3, 0.4) is 0 Å². The smallest absolute Gasteiger partial charge is 0.191 e. The van der Waals surface area contributed by atoms with Crippen LogP contribution in [0.25, 0.3) is 0 Å². The van der Waals surface area contributed by atoms with Gasteiger partial charge in [-0.1, -0.05) is 26.8 Å². The fourth-order valence-corrected chi connectivity index (χ4v) is 2.26. The van der Waals surface area contributed by atoms with Gasteiger partial charge in [-0.15, -0.1) is 6.58 Å². The number of hydrogen-bond donors (Lipinski definition) is 1. The zero-order valence-corrected chi connectivity index (χ0v) is 12.5. The summed E-state index contributed by atoms with van der Waals surface area (Å²) in [6.07, 6.45) is 3.93. The Kier molecular flexibility index (Phi) is 6.52. The molecule has 96 valence electrons. The molecule has 0 aliphatic rings. The third-order valence-corrected chi connectivity index (χ3v) is 7.93. The Bertz CT molecular complexity index is 206. The molecule has 0 saturated heterocycles. The molecule has 0 spiro atoms. The minimum Gasteiger partial charge on any atom is -0.417 e. The monoisotopic (exact) mass is 244 g/mol. The topological polar surface area (TPSA) is 29.5 Å². The molecule has 1 N–H and O–H groups in total. The van der Waals surface area contributed by atoms with Gasteiger partial charge in [0.1, 0.15) is 0 Å². The summed E-state index contributed by atoms with van der Waals surface area (Å²) in [5.74, 6) is 0. The standard InChI is InChI=1S/C13H28O2Si/c1-7-9-12(14)10-8-11-15-16(5,6)13(2,3)4/h7,12,14H,1,8-11H2,2-6H3/t12-/m1/s1. The Morgan fingerprint density at radius 2 is 1.94 bits per heavy atom. The summed E-state index contributed by atoms with van der Waals surface area (Å²) in [4.78, 5) is 0. The Labute approximate surface area is 102 Å². The van der Waals surface area contributed by atoms with Gasteiger partial charge in [0.25, 0.3) is 0 Å². The predicted octanol–water partition coefficient (Wildman–Crippen LogP) is 3.73. The number of aliphatic hydroxyl groups excluding tert-OH is 1. The van der Waals surface area contributed by atoms with Crippen molar-refractivity contribution in [1.82, 2.24) is 0 Å². The molecule has 0 radical (unpaired) electrons. The summed E-state index contributed by atoms with van der Waals surface area (Å²) in [5, 5.41) is 9.79. The Morgan fingerprint density at radius 1 is 1.38 bits per heavy atom. The van der Waals surface area contributed by atoms with E-state index >= 15 is 0 Å². The van der Waals surface area contributed by atoms with E-state index < -0.39 is 8.32 Å². The van der Waals surface area contributed by atoms with E-state index in [4.69, 9.17) is 4.43 Å². The maximum atomic E-state index is 9.52. The van der Waals surface area contributed by atoms with Gasteiger partial charge in [0, 0.05) is 6.61 Å². The van der Waals surface area contributed by atoms with Crippen molar-refractivity contribution in [2.24, 2.45) is 0 Å². The fraction of sp³-hybridized carbons (Fsp3) is 0.846. The third-order valence-electron chi connectivity index (χ3n) is 3.39. The molecule has 0 aliphatic heterocycles. The predicted molar refractivity (Wildman–Crippen MR) is 73.2 cm³/mol. The summed E-state index contributed by atoms with van der Waals surface area (Å²) in [6, 6.07) is 0. The van der Waals surface area contributed by atoms with Crippen molar-refractivity contribution in [3.8, 4) is 0 Å². The van der Waals surface area contributed by atoms with Crippen molar-refractivity contribution in [3.05, 3.63) is 12.7 Å². The van der Waals surface area contributed by atoms with Gasteiger partial charge < -0.3 is 9.53 Å². The molecule has 1 atom stereocenters. The van der Waals surface area contributed by atoms with Crippen molar-refractivity contribution in [3.63, 3.8) is 0 Å². The highest BCUT2D eigenvalue weighted by Gasteiger charge is 2.36. The van der Waals surface area contributed by atoms with Crippen LogP contribution < -0.4 is 0 Å². The van der Waals surface area contributed by atoms with Crippen LogP contribution in [0.15, 0.2) is 12.7 Å². The highest BCUT2D eigenvalue weighted by atomic mass is 28.4. The van der Waals surface area contributed by atoms with Crippen LogP contribution in [-0.2, 0) is 4.43 Å². The summed E-state index contributed by atoms with van der Waals surface area (Å²) < 4.78 is 6.02. The molecular formula is C13H28O2Si. The molecule has 16 heavy (non-hydrogen) atoms. The average Bonchev–Trinajstić information content (AvgIpc) is 2.11. The summed E-state index contributed by atoms with van der Waals surface area (Å²) in [5.41, 5.74) is 0. The lowest BCUT2D eigenvalue weighted by atomic mass is 10.1. The van der Waals surface area contributed by atoms with Crippen LogP contribution in [-0.4, -0.2) is 26.1 Å². The van der Waals surface area contributed by atoms with Crippen molar-refractivity contribution in [1.29, 1.82) is 0 Å². The van der Waals surface area contributed by atoms with Gasteiger partial charge in [0.05, 0.1) is 6.10 Å². The van der Waals surface area contributed by atoms with Crippen molar-refractivity contribution >= 4 is 8.32 Å². The minimum absolute atomic E-state index is 0.250. The van der Waals surface area contributed by atoms with E-state index in [2.05, 4.69) is 40.4 Å². The van der Waals surface area contributed by atoms with E-state index in [1.807, 2.05) is 0 Å². The van der Waals surface area contributed by atoms with Gasteiger partial charge in [0.2, 0.25) is 0 Å². The molecule has 3 heteroatoms. The average molecular weight is 244 g/mol. The first-order valence-corrected chi connectivity index (χ1v) is 9.04. The molecule has 0 saturated carbocycles. The molecule has 0 aromatic rings. The lowest BCUT2D eigenvalue weighted by Gasteiger charge is -2.36. The molecule has 0 aliphatic carbocycles. The van der Waals surface area contributed by atoms with Crippen LogP contribution in [0.5, 0.6) is 0 Å². The van der Waals surface area contributed by atoms with Crippen molar-refractivity contribution < 1.29 is 9.53 Å². The lowest BCUT2D eigenvalue weighted by molar-refractivity contribution is 0.153. The van der Waals surface area contributed by atoms with Gasteiger partial charge in [-0.3, -0.25) is 0 Å². The second-order valence-corrected chi connectivity index (χ2v) is 10.7. The van der Waals surface area contributed by atoms with E-state index in [0.717, 1.165) is 19.4 Å². The SMILES string of the molecule is C=CC[C@@H](O)CCCO[Si](C)(C)C(C)(C)C. The number of aliphatic hydroxyl groups is 1. The van der Waals surface area contributed by atoms with E-state index in [0.29, 0.717) is 6.42 Å². The third kappa shape index (κ3) is 5.82. The van der Waals surface area contributed by atoms with Crippen LogP contribution in [0, 0.1) is 0 Å². The first-order chi connectivity index (χ1) is 7.20. The van der Waals surface area contributed by atoms with Crippen LogP contribution in [0.1, 0.15) is 40.0 Å². The summed E-state index contributed by atoms with van der Waals surface area (Å²) >= 11 is 0. The number of rotatable bonds is 7. The minimum atomic E-state index is -1.60. The van der Waals surface area contributed by atoms with E-state index in [1.54, 1.807) is 6.08 Å². The highest BCUT2D eigenvalue weighted by Crippen LogP contribution is 2.36. The van der Waals surface area contributed by atoms with Gasteiger partial charge in [0.15, 0.2) is 8.32 Å². The maximum Gasteiger partial charge on any atom is 0.191 e. The second-order valence-electron chi connectivity index (χ2n) is 5.93. The van der Waals surface area contributed by atoms with Gasteiger partial charge >= 0.3 is 0 Å². The van der Waals surface area contributed by atoms with E-state index in [9.17, 15) is 5.11 Å². The second kappa shape index (κ2) is 6.57. The maximum absolute atomic E-state index is 9.52. The summed E-state index contributed by atoms with van der Waals surface area (Å²) in [6.45, 7) is 15.6. The van der Waals surface area contributed by atoms with Gasteiger partial charge in [-0.25, -0.2) is 0 Å². The van der Waals surface area contributed by atoms with Gasteiger partial charge in [-0.2, -0.15) is 0 Å². The zero-order chi connectivity index (χ0) is 12.8. The summed E-state index contributed by atoms with van der Waals surface area (Å²) in [7, 11) is -1.60. The molecule has 0 amide bonds. The van der Waals surface area contributed by atoms with Crippen molar-refractivity contribution in [2.45, 2.75) is 64.3 Å². The van der Waals surface area contributed by atoms with E-state index in [1.165, 1.54) is 0 Å². The zero-order valence-electron chi connectivity index (χ0n) is 11.5. The highest BCUT2D eigenvalue weighted by molar-refractivity contribution is 6.74. The molecular weight excluding hydrogens is 216 g/mol. The molecule has 0 aromatic carbocycles. The Morgan fingerprint density at radius 3 is 2.38 bits per heavy atom. The van der Waals surface area contributed by atoms with Crippen LogP contribution in [0.2, 0.25) is 18.1 Å². The van der Waals surface area contributed by atoms with E-state index in [-0.39, 0.29) is 11.1 Å². The molecule has 0 heterocycles. The van der Waals surface area contributed by atoms with Crippen LogP contribution in [0.4, 0.5) is 0 Å². The van der Waals surface area contributed by atoms with Crippen molar-refractivity contribution in [2.75, 3.05) is 6.61 Å². The molecule has 0 bridgehead atoms. The van der Waals surface area contributed by atoms with Crippen LogP contribution >= 0.6 is 0 Å². The molecule has 2 nitrogen and oxygen atoms in total. The van der Waals surface area contributed by atoms with Gasteiger partial charge in [-0.05, 0) is 37.4 Å². The first kappa shape index (κ1) is 15.9. The quantitative estimate of drug-likeness (QED) is 0.420. The normalized spacial score (nSPS) is 14.9. The first-order valence-electron chi connectivity index (χ1n) is 6.13. The molecule has 0 aromatic heterocycles. The molecule has 0 rings (SSSR count). The Balaban J connectivity index is 3.78. The molecule has 0 fully saturated rings. The number of hydrogen-bond acceptors (Lipinski definition) is 2.